The summed E-state index contributed by atoms with van der Waals surface area (Å²) in [4.78, 5) is 2.57. The summed E-state index contributed by atoms with van der Waals surface area (Å²) in [6.07, 6.45) is 6.25. The predicted molar refractivity (Wildman–Crippen MR) is 152 cm³/mol. The summed E-state index contributed by atoms with van der Waals surface area (Å²) in [6, 6.07) is 27.5. The van der Waals surface area contributed by atoms with Crippen LogP contribution in [-0.4, -0.2) is 19.8 Å². The SMILES string of the molecule is CCCCCCCCS(=O)(=O)Oc1ccc(OC(C)(C)C)cc1.c1ccc(Sc2ccccc2)cc1. The fraction of sp³-hybridized carbons (Fsp3) is 0.400. The second-order valence-corrected chi connectivity index (χ2v) is 12.4. The van der Waals surface area contributed by atoms with Gasteiger partial charge in [0.05, 0.1) is 5.75 Å². The van der Waals surface area contributed by atoms with Crippen LogP contribution in [-0.2, 0) is 10.1 Å². The Morgan fingerprint density at radius 2 is 1.14 bits per heavy atom. The van der Waals surface area contributed by atoms with Gasteiger partial charge < -0.3 is 8.92 Å². The number of ether oxygens (including phenoxy) is 1. The third-order valence-electron chi connectivity index (χ3n) is 4.94. The summed E-state index contributed by atoms with van der Waals surface area (Å²) in [7, 11) is -3.52. The van der Waals surface area contributed by atoms with Gasteiger partial charge in [-0.2, -0.15) is 8.42 Å². The average molecular weight is 529 g/mol. The molecule has 6 heteroatoms. The number of benzene rings is 3. The minimum absolute atomic E-state index is 0.0688. The highest BCUT2D eigenvalue weighted by Crippen LogP contribution is 2.26. The molecule has 0 saturated carbocycles. The lowest BCUT2D eigenvalue weighted by molar-refractivity contribution is 0.131. The first-order valence-electron chi connectivity index (χ1n) is 12.7. The molecule has 4 nitrogen and oxygen atoms in total. The third-order valence-corrected chi connectivity index (χ3v) is 7.19. The van der Waals surface area contributed by atoms with E-state index in [-0.39, 0.29) is 11.4 Å². The van der Waals surface area contributed by atoms with Crippen molar-refractivity contribution in [2.75, 3.05) is 5.75 Å². The number of rotatable bonds is 12. The van der Waals surface area contributed by atoms with Crippen LogP contribution in [0.25, 0.3) is 0 Å². The number of hydrogen-bond donors (Lipinski definition) is 0. The summed E-state index contributed by atoms with van der Waals surface area (Å²) in [5.74, 6) is 1.09. The maximum absolute atomic E-state index is 11.9. The number of unbranched alkanes of at least 4 members (excludes halogenated alkanes) is 5. The van der Waals surface area contributed by atoms with Gasteiger partial charge in [-0.15, -0.1) is 0 Å². The Hall–Kier alpha value is -2.44. The van der Waals surface area contributed by atoms with E-state index in [4.69, 9.17) is 8.92 Å². The van der Waals surface area contributed by atoms with Gasteiger partial charge in [0, 0.05) is 9.79 Å². The van der Waals surface area contributed by atoms with Crippen molar-refractivity contribution in [3.8, 4) is 11.5 Å². The molecule has 36 heavy (non-hydrogen) atoms. The lowest BCUT2D eigenvalue weighted by atomic mass is 10.1. The molecule has 0 radical (unpaired) electrons. The molecule has 0 spiro atoms. The van der Waals surface area contributed by atoms with Gasteiger partial charge in [0.1, 0.15) is 17.1 Å². The molecule has 0 N–H and O–H groups in total. The van der Waals surface area contributed by atoms with Crippen LogP contribution in [0.15, 0.2) is 94.7 Å². The zero-order chi connectivity index (χ0) is 26.3. The van der Waals surface area contributed by atoms with Crippen molar-refractivity contribution in [1.29, 1.82) is 0 Å². The van der Waals surface area contributed by atoms with E-state index >= 15 is 0 Å². The zero-order valence-electron chi connectivity index (χ0n) is 22.0. The van der Waals surface area contributed by atoms with Crippen molar-refractivity contribution in [2.45, 2.75) is 81.6 Å². The van der Waals surface area contributed by atoms with Crippen molar-refractivity contribution < 1.29 is 17.3 Å². The van der Waals surface area contributed by atoms with Crippen LogP contribution in [0.3, 0.4) is 0 Å². The Balaban J connectivity index is 0.000000293. The molecule has 0 aromatic heterocycles. The molecule has 0 saturated heterocycles. The molecule has 3 aromatic carbocycles. The highest BCUT2D eigenvalue weighted by atomic mass is 32.2. The van der Waals surface area contributed by atoms with E-state index < -0.39 is 10.1 Å². The monoisotopic (exact) mass is 528 g/mol. The van der Waals surface area contributed by atoms with E-state index in [0.29, 0.717) is 17.9 Å². The second-order valence-electron chi connectivity index (χ2n) is 9.53. The van der Waals surface area contributed by atoms with Crippen molar-refractivity contribution in [2.24, 2.45) is 0 Å². The molecular weight excluding hydrogens is 488 g/mol. The van der Waals surface area contributed by atoms with Gasteiger partial charge in [-0.25, -0.2) is 0 Å². The smallest absolute Gasteiger partial charge is 0.309 e. The van der Waals surface area contributed by atoms with E-state index in [1.807, 2.05) is 32.9 Å². The molecule has 0 fully saturated rings. The highest BCUT2D eigenvalue weighted by Gasteiger charge is 2.14. The van der Waals surface area contributed by atoms with Crippen LogP contribution in [0, 0.1) is 0 Å². The number of hydrogen-bond acceptors (Lipinski definition) is 5. The standard InChI is InChI=1S/C18H30O4S.C12H10S/c1-5-6-7-8-9-10-15-23(19,20)22-17-13-11-16(12-14-17)21-18(2,3)4;1-3-7-11(8-4-1)13-12-9-5-2-6-10-12/h11-14H,5-10,15H2,1-4H3;1-10H. The average Bonchev–Trinajstić information content (AvgIpc) is 2.83. The van der Waals surface area contributed by atoms with Gasteiger partial charge in [-0.1, -0.05) is 87.2 Å². The summed E-state index contributed by atoms with van der Waals surface area (Å²) in [6.45, 7) is 8.04. The van der Waals surface area contributed by atoms with E-state index in [9.17, 15) is 8.42 Å². The van der Waals surface area contributed by atoms with E-state index in [2.05, 4.69) is 55.5 Å². The molecule has 0 aliphatic carbocycles. The van der Waals surface area contributed by atoms with Crippen LogP contribution >= 0.6 is 11.8 Å². The molecule has 0 bridgehead atoms. The molecule has 3 rings (SSSR count). The maximum atomic E-state index is 11.9. The first-order valence-corrected chi connectivity index (χ1v) is 15.1. The van der Waals surface area contributed by atoms with Crippen LogP contribution < -0.4 is 8.92 Å². The Morgan fingerprint density at radius 3 is 1.64 bits per heavy atom. The van der Waals surface area contributed by atoms with Crippen molar-refractivity contribution in [3.05, 3.63) is 84.9 Å². The van der Waals surface area contributed by atoms with Gasteiger partial charge in [0.2, 0.25) is 0 Å². The normalized spacial score (nSPS) is 11.3. The molecule has 0 atom stereocenters. The van der Waals surface area contributed by atoms with E-state index in [1.54, 1.807) is 36.0 Å². The lowest BCUT2D eigenvalue weighted by Crippen LogP contribution is -2.22. The van der Waals surface area contributed by atoms with Crippen LogP contribution in [0.1, 0.15) is 66.2 Å². The topological polar surface area (TPSA) is 52.6 Å². The maximum Gasteiger partial charge on any atom is 0.309 e. The first kappa shape index (κ1) is 29.8. The van der Waals surface area contributed by atoms with E-state index in [0.717, 1.165) is 12.8 Å². The van der Waals surface area contributed by atoms with Crippen LogP contribution in [0.2, 0.25) is 0 Å². The Labute approximate surface area is 222 Å². The first-order chi connectivity index (χ1) is 17.2. The largest absolute Gasteiger partial charge is 0.488 e. The summed E-state index contributed by atoms with van der Waals surface area (Å²) in [5, 5.41) is 0. The van der Waals surface area contributed by atoms with E-state index in [1.165, 1.54) is 29.1 Å². The lowest BCUT2D eigenvalue weighted by Gasteiger charge is -2.21. The van der Waals surface area contributed by atoms with Crippen molar-refractivity contribution >= 4 is 21.9 Å². The predicted octanol–water partition coefficient (Wildman–Crippen LogP) is 8.77. The molecule has 0 aliphatic heterocycles. The van der Waals surface area contributed by atoms with Gasteiger partial charge in [0.25, 0.3) is 0 Å². The van der Waals surface area contributed by atoms with Crippen molar-refractivity contribution in [1.82, 2.24) is 0 Å². The summed E-state index contributed by atoms with van der Waals surface area (Å²) >= 11 is 1.79. The third kappa shape index (κ3) is 13.6. The second kappa shape index (κ2) is 15.6. The van der Waals surface area contributed by atoms with Crippen LogP contribution in [0.4, 0.5) is 0 Å². The fourth-order valence-electron chi connectivity index (χ4n) is 3.28. The van der Waals surface area contributed by atoms with Gasteiger partial charge in [-0.05, 0) is 75.7 Å². The highest BCUT2D eigenvalue weighted by molar-refractivity contribution is 7.99. The zero-order valence-corrected chi connectivity index (χ0v) is 23.6. The Bertz CT molecular complexity index is 1040. The summed E-state index contributed by atoms with van der Waals surface area (Å²) in [5.41, 5.74) is -0.285. The van der Waals surface area contributed by atoms with Gasteiger partial charge >= 0.3 is 10.1 Å². The minimum Gasteiger partial charge on any atom is -0.488 e. The van der Waals surface area contributed by atoms with Crippen LogP contribution in [0.5, 0.6) is 11.5 Å². The van der Waals surface area contributed by atoms with Gasteiger partial charge in [0.15, 0.2) is 0 Å². The minimum atomic E-state index is -3.52. The molecular formula is C30H40O4S2. The molecule has 196 valence electrons. The molecule has 0 unspecified atom stereocenters. The summed E-state index contributed by atoms with van der Waals surface area (Å²) < 4.78 is 34.7. The quantitative estimate of drug-likeness (QED) is 0.174. The molecule has 3 aromatic rings. The molecule has 0 amide bonds. The Kier molecular flexibility index (Phi) is 12.9. The van der Waals surface area contributed by atoms with Crippen molar-refractivity contribution in [3.63, 3.8) is 0 Å². The fourth-order valence-corrected chi connectivity index (χ4v) is 5.18. The molecule has 0 aliphatic rings. The Morgan fingerprint density at radius 1 is 0.667 bits per heavy atom. The molecule has 0 heterocycles. The van der Waals surface area contributed by atoms with Gasteiger partial charge in [-0.3, -0.25) is 0 Å².